The van der Waals surface area contributed by atoms with Crippen LogP contribution in [0.15, 0.2) is 24.3 Å². The third-order valence-electron chi connectivity index (χ3n) is 2.28. The maximum absolute atomic E-state index is 11.4. The molecule has 3 N–H and O–H groups in total. The van der Waals surface area contributed by atoms with Crippen molar-refractivity contribution in [1.82, 2.24) is 0 Å². The van der Waals surface area contributed by atoms with Gasteiger partial charge in [-0.25, -0.2) is 0 Å². The highest BCUT2D eigenvalue weighted by atomic mass is 35.5. The van der Waals surface area contributed by atoms with Crippen molar-refractivity contribution < 1.29 is 19.4 Å². The molecule has 0 aliphatic heterocycles. The molecule has 0 radical (unpaired) electrons. The fourth-order valence-corrected chi connectivity index (χ4v) is 1.45. The number of Topliss-reactive ketones (excluding diaryl/α,β-unsaturated/α-hetero) is 1. The first kappa shape index (κ1) is 14.6. The lowest BCUT2D eigenvalue weighted by Gasteiger charge is -2.12. The van der Waals surface area contributed by atoms with E-state index in [2.05, 4.69) is 0 Å². The third-order valence-corrected chi connectivity index (χ3v) is 2.65. The number of benzene rings is 1. The van der Waals surface area contributed by atoms with E-state index in [1.807, 2.05) is 0 Å². The van der Waals surface area contributed by atoms with E-state index in [0.29, 0.717) is 5.02 Å². The average Bonchev–Trinajstić information content (AvgIpc) is 2.34. The number of hydrogen-bond donors (Lipinski definition) is 2. The standard InChI is InChI=1S/C12H14ClNO4/c13-9-4-2-1-3-8(9)7-18-12(14)10(15)5-6-11(16)17/h1-4,12H,5-7,14H2,(H,16,17)/t12-/m0/s1. The average molecular weight is 272 g/mol. The molecule has 1 aromatic carbocycles. The number of halogens is 1. The Hall–Kier alpha value is -1.43. The second-order valence-electron chi connectivity index (χ2n) is 3.68. The Morgan fingerprint density at radius 3 is 2.61 bits per heavy atom. The molecule has 0 saturated heterocycles. The molecule has 1 atom stereocenters. The molecule has 0 spiro atoms. The first-order valence-corrected chi connectivity index (χ1v) is 5.73. The number of rotatable bonds is 7. The quantitative estimate of drug-likeness (QED) is 0.735. The smallest absolute Gasteiger partial charge is 0.303 e. The summed E-state index contributed by atoms with van der Waals surface area (Å²) in [5, 5.41) is 8.97. The monoisotopic (exact) mass is 271 g/mol. The minimum absolute atomic E-state index is 0.111. The Bertz CT molecular complexity index is 436. The van der Waals surface area contributed by atoms with Crippen LogP contribution in [0.1, 0.15) is 18.4 Å². The maximum atomic E-state index is 11.4. The molecule has 0 aromatic heterocycles. The summed E-state index contributed by atoms with van der Waals surface area (Å²) in [6.07, 6.45) is -1.51. The van der Waals surface area contributed by atoms with E-state index in [9.17, 15) is 9.59 Å². The zero-order valence-electron chi connectivity index (χ0n) is 9.64. The van der Waals surface area contributed by atoms with Gasteiger partial charge >= 0.3 is 5.97 Å². The Balaban J connectivity index is 2.41. The number of carbonyl (C=O) groups is 2. The van der Waals surface area contributed by atoms with Crippen LogP contribution in [0.2, 0.25) is 5.02 Å². The van der Waals surface area contributed by atoms with Gasteiger partial charge in [0, 0.05) is 11.4 Å². The maximum Gasteiger partial charge on any atom is 0.303 e. The van der Waals surface area contributed by atoms with Crippen LogP contribution >= 0.6 is 11.6 Å². The lowest BCUT2D eigenvalue weighted by Crippen LogP contribution is -2.33. The van der Waals surface area contributed by atoms with Crippen molar-refractivity contribution in [2.45, 2.75) is 25.7 Å². The number of carboxylic acid groups (broad SMARTS) is 1. The van der Waals surface area contributed by atoms with Crippen LogP contribution in [0.5, 0.6) is 0 Å². The SMILES string of the molecule is N[C@@H](OCc1ccccc1Cl)C(=O)CCC(=O)O. The highest BCUT2D eigenvalue weighted by molar-refractivity contribution is 6.31. The predicted molar refractivity (Wildman–Crippen MR) is 66.1 cm³/mol. The zero-order chi connectivity index (χ0) is 13.5. The minimum Gasteiger partial charge on any atom is -0.481 e. The highest BCUT2D eigenvalue weighted by Crippen LogP contribution is 2.16. The van der Waals surface area contributed by atoms with E-state index in [1.165, 1.54) is 0 Å². The van der Waals surface area contributed by atoms with Gasteiger partial charge in [-0.2, -0.15) is 0 Å². The minimum atomic E-state index is -1.12. The third kappa shape index (κ3) is 4.83. The lowest BCUT2D eigenvalue weighted by molar-refractivity contribution is -0.140. The molecular formula is C12H14ClNO4. The van der Waals surface area contributed by atoms with Crippen LogP contribution < -0.4 is 5.73 Å². The van der Waals surface area contributed by atoms with Crippen molar-refractivity contribution in [2.24, 2.45) is 5.73 Å². The molecule has 0 heterocycles. The summed E-state index contributed by atoms with van der Waals surface area (Å²) in [5.41, 5.74) is 6.22. The van der Waals surface area contributed by atoms with Crippen molar-refractivity contribution in [3.63, 3.8) is 0 Å². The summed E-state index contributed by atoms with van der Waals surface area (Å²) >= 11 is 5.91. The van der Waals surface area contributed by atoms with E-state index in [-0.39, 0.29) is 19.4 Å². The number of carboxylic acids is 1. The largest absolute Gasteiger partial charge is 0.481 e. The second kappa shape index (κ2) is 7.10. The van der Waals surface area contributed by atoms with Crippen molar-refractivity contribution in [3.05, 3.63) is 34.9 Å². The zero-order valence-corrected chi connectivity index (χ0v) is 10.4. The van der Waals surface area contributed by atoms with Gasteiger partial charge in [0.05, 0.1) is 13.0 Å². The molecule has 1 aromatic rings. The van der Waals surface area contributed by atoms with Crippen LogP contribution in [0, 0.1) is 0 Å². The highest BCUT2D eigenvalue weighted by Gasteiger charge is 2.15. The van der Waals surface area contributed by atoms with Crippen molar-refractivity contribution in [2.75, 3.05) is 0 Å². The molecule has 0 bridgehead atoms. The van der Waals surface area contributed by atoms with Crippen molar-refractivity contribution in [3.8, 4) is 0 Å². The first-order chi connectivity index (χ1) is 8.50. The normalized spacial score (nSPS) is 12.1. The second-order valence-corrected chi connectivity index (χ2v) is 4.09. The van der Waals surface area contributed by atoms with E-state index in [4.69, 9.17) is 27.2 Å². The summed E-state index contributed by atoms with van der Waals surface area (Å²) in [6.45, 7) is 0.111. The number of aliphatic carboxylic acids is 1. The van der Waals surface area contributed by atoms with Gasteiger partial charge < -0.3 is 9.84 Å². The number of hydrogen-bond acceptors (Lipinski definition) is 4. The lowest BCUT2D eigenvalue weighted by atomic mass is 10.2. The van der Waals surface area contributed by atoms with Gasteiger partial charge in [-0.1, -0.05) is 29.8 Å². The van der Waals surface area contributed by atoms with Gasteiger partial charge in [0.2, 0.25) is 0 Å². The Morgan fingerprint density at radius 2 is 2.00 bits per heavy atom. The topological polar surface area (TPSA) is 89.6 Å². The number of ether oxygens (including phenoxy) is 1. The fourth-order valence-electron chi connectivity index (χ4n) is 1.26. The van der Waals surface area contributed by atoms with E-state index in [0.717, 1.165) is 5.56 Å². The molecule has 98 valence electrons. The molecule has 6 heteroatoms. The molecule has 18 heavy (non-hydrogen) atoms. The molecule has 0 aliphatic rings. The van der Waals surface area contributed by atoms with Gasteiger partial charge in [-0.05, 0) is 11.6 Å². The van der Waals surface area contributed by atoms with Crippen LogP contribution in [0.3, 0.4) is 0 Å². The number of ketones is 1. The summed E-state index contributed by atoms with van der Waals surface area (Å²) in [7, 11) is 0. The van der Waals surface area contributed by atoms with E-state index in [1.54, 1.807) is 24.3 Å². The van der Waals surface area contributed by atoms with Crippen molar-refractivity contribution in [1.29, 1.82) is 0 Å². The predicted octanol–water partition coefficient (Wildman–Crippen LogP) is 1.58. The molecular weight excluding hydrogens is 258 g/mol. The Morgan fingerprint density at radius 1 is 1.33 bits per heavy atom. The Labute approximate surface area is 109 Å². The molecule has 0 amide bonds. The van der Waals surface area contributed by atoms with Gasteiger partial charge in [0.1, 0.15) is 0 Å². The van der Waals surface area contributed by atoms with E-state index >= 15 is 0 Å². The van der Waals surface area contributed by atoms with Gasteiger partial charge in [0.15, 0.2) is 12.0 Å². The van der Waals surface area contributed by atoms with Gasteiger partial charge in [-0.15, -0.1) is 0 Å². The first-order valence-electron chi connectivity index (χ1n) is 5.36. The fraction of sp³-hybridized carbons (Fsp3) is 0.333. The molecule has 0 aliphatic carbocycles. The van der Waals surface area contributed by atoms with Gasteiger partial charge in [0.25, 0.3) is 0 Å². The van der Waals surface area contributed by atoms with Crippen LogP contribution in [0.25, 0.3) is 0 Å². The molecule has 0 saturated carbocycles. The summed E-state index contributed by atoms with van der Waals surface area (Å²) in [4.78, 5) is 21.7. The molecule has 5 nitrogen and oxygen atoms in total. The van der Waals surface area contributed by atoms with E-state index < -0.39 is 18.0 Å². The molecule has 0 unspecified atom stereocenters. The molecule has 0 fully saturated rings. The van der Waals surface area contributed by atoms with Gasteiger partial charge in [-0.3, -0.25) is 15.3 Å². The van der Waals surface area contributed by atoms with Crippen molar-refractivity contribution >= 4 is 23.4 Å². The molecule has 1 rings (SSSR count). The van der Waals surface area contributed by atoms with Crippen LogP contribution in [-0.4, -0.2) is 23.1 Å². The summed E-state index contributed by atoms with van der Waals surface area (Å²) < 4.78 is 5.15. The number of nitrogens with two attached hydrogens (primary N) is 1. The summed E-state index contributed by atoms with van der Waals surface area (Å²) in [5.74, 6) is -1.48. The Kier molecular flexibility index (Phi) is 5.77. The van der Waals surface area contributed by atoms with Crippen LogP contribution in [0.4, 0.5) is 0 Å². The van der Waals surface area contributed by atoms with Crippen LogP contribution in [-0.2, 0) is 20.9 Å². The number of carbonyl (C=O) groups excluding carboxylic acids is 1. The summed E-state index contributed by atoms with van der Waals surface area (Å²) in [6, 6.07) is 7.04.